The summed E-state index contributed by atoms with van der Waals surface area (Å²) in [4.78, 5) is 0. The van der Waals surface area contributed by atoms with Gasteiger partial charge >= 0.3 is 0 Å². The van der Waals surface area contributed by atoms with Crippen molar-refractivity contribution < 1.29 is 5.11 Å². The summed E-state index contributed by atoms with van der Waals surface area (Å²) in [6, 6.07) is 10.1. The largest absolute Gasteiger partial charge is 0.396 e. The van der Waals surface area contributed by atoms with Crippen LogP contribution >= 0.6 is 0 Å². The molecule has 1 aliphatic carbocycles. The molecule has 0 amide bonds. The van der Waals surface area contributed by atoms with Gasteiger partial charge in [0.2, 0.25) is 0 Å². The number of aliphatic hydroxyl groups excluding tert-OH is 1. The summed E-state index contributed by atoms with van der Waals surface area (Å²) in [5.74, 6) is 1.13. The molecule has 0 saturated heterocycles. The Morgan fingerprint density at radius 1 is 1.12 bits per heavy atom. The number of hydrogen-bond donors (Lipinski definition) is 1. The molecule has 0 aliphatic heterocycles. The summed E-state index contributed by atoms with van der Waals surface area (Å²) in [6.45, 7) is 0.333. The number of nitrogens with zero attached hydrogens (tertiary/aromatic N) is 1. The number of hydrogen-bond acceptors (Lipinski definition) is 2. The first-order valence-electron chi connectivity index (χ1n) is 5.94. The van der Waals surface area contributed by atoms with E-state index in [1.54, 1.807) is 0 Å². The van der Waals surface area contributed by atoms with Gasteiger partial charge in [-0.1, -0.05) is 12.1 Å². The van der Waals surface area contributed by atoms with E-state index in [4.69, 9.17) is 10.4 Å². The highest BCUT2D eigenvalue weighted by atomic mass is 16.3. The van der Waals surface area contributed by atoms with E-state index >= 15 is 0 Å². The van der Waals surface area contributed by atoms with E-state index in [0.717, 1.165) is 31.2 Å². The molecule has 0 radical (unpaired) electrons. The van der Waals surface area contributed by atoms with Crippen LogP contribution in [0.5, 0.6) is 0 Å². The average Bonchev–Trinajstić information content (AvgIpc) is 2.39. The molecule has 2 nitrogen and oxygen atoms in total. The van der Waals surface area contributed by atoms with Gasteiger partial charge in [-0.2, -0.15) is 5.26 Å². The van der Waals surface area contributed by atoms with E-state index in [2.05, 4.69) is 18.2 Å². The predicted molar refractivity (Wildman–Crippen MR) is 62.9 cm³/mol. The summed E-state index contributed by atoms with van der Waals surface area (Å²) in [5, 5.41) is 17.8. The highest BCUT2D eigenvalue weighted by molar-refractivity contribution is 5.33. The molecule has 0 unspecified atom stereocenters. The van der Waals surface area contributed by atoms with Gasteiger partial charge in [0.05, 0.1) is 11.6 Å². The molecule has 1 aromatic carbocycles. The Bertz CT molecular complexity index is 369. The van der Waals surface area contributed by atoms with Crippen LogP contribution in [0.15, 0.2) is 24.3 Å². The maximum Gasteiger partial charge on any atom is 0.0991 e. The smallest absolute Gasteiger partial charge is 0.0991 e. The van der Waals surface area contributed by atoms with Gasteiger partial charge < -0.3 is 5.11 Å². The Balaban J connectivity index is 2.00. The molecule has 0 spiro atoms. The van der Waals surface area contributed by atoms with Crippen molar-refractivity contribution in [3.05, 3.63) is 35.4 Å². The second-order valence-corrected chi connectivity index (χ2v) is 4.63. The van der Waals surface area contributed by atoms with E-state index in [1.807, 2.05) is 12.1 Å². The lowest BCUT2D eigenvalue weighted by molar-refractivity contribution is 0.182. The number of aliphatic hydroxyl groups is 1. The molecule has 1 N–H and O–H groups in total. The van der Waals surface area contributed by atoms with Gasteiger partial charge in [0.25, 0.3) is 0 Å². The van der Waals surface area contributed by atoms with Crippen LogP contribution in [0.3, 0.4) is 0 Å². The zero-order valence-corrected chi connectivity index (χ0v) is 9.39. The van der Waals surface area contributed by atoms with Crippen LogP contribution in [0.1, 0.15) is 42.7 Å². The molecule has 0 aromatic heterocycles. The molecule has 2 heteroatoms. The second-order valence-electron chi connectivity index (χ2n) is 4.63. The molecule has 84 valence electrons. The zero-order valence-electron chi connectivity index (χ0n) is 9.39. The molecule has 1 fully saturated rings. The minimum Gasteiger partial charge on any atom is -0.396 e. The molecular weight excluding hydrogens is 198 g/mol. The fourth-order valence-corrected chi connectivity index (χ4v) is 2.51. The standard InChI is InChI=1S/C14H17NO/c15-9-11-1-5-13(6-2-11)14-7-3-12(10-16)4-8-14/h1-2,5-6,12,14,16H,3-4,7-8,10H2/t12-,14-. The van der Waals surface area contributed by atoms with E-state index in [1.165, 1.54) is 5.56 Å². The van der Waals surface area contributed by atoms with Crippen LogP contribution in [0.2, 0.25) is 0 Å². The highest BCUT2D eigenvalue weighted by Gasteiger charge is 2.21. The quantitative estimate of drug-likeness (QED) is 0.824. The first-order chi connectivity index (χ1) is 7.83. The Hall–Kier alpha value is -1.33. The van der Waals surface area contributed by atoms with Crippen LogP contribution in [-0.4, -0.2) is 11.7 Å². The Labute approximate surface area is 96.5 Å². The van der Waals surface area contributed by atoms with Crippen molar-refractivity contribution in [2.24, 2.45) is 5.92 Å². The fraction of sp³-hybridized carbons (Fsp3) is 0.500. The van der Waals surface area contributed by atoms with Crippen molar-refractivity contribution in [2.45, 2.75) is 31.6 Å². The summed E-state index contributed by atoms with van der Waals surface area (Å²) in [7, 11) is 0. The SMILES string of the molecule is N#Cc1ccc([C@H]2CC[C@H](CO)CC2)cc1. The first-order valence-corrected chi connectivity index (χ1v) is 5.94. The molecule has 1 aromatic rings. The lowest BCUT2D eigenvalue weighted by atomic mass is 9.79. The Morgan fingerprint density at radius 3 is 2.25 bits per heavy atom. The molecule has 0 heterocycles. The van der Waals surface area contributed by atoms with Crippen LogP contribution in [-0.2, 0) is 0 Å². The van der Waals surface area contributed by atoms with Crippen molar-refractivity contribution in [1.29, 1.82) is 5.26 Å². The lowest BCUT2D eigenvalue weighted by Gasteiger charge is -2.27. The third kappa shape index (κ3) is 2.43. The molecule has 2 rings (SSSR count). The van der Waals surface area contributed by atoms with Crippen molar-refractivity contribution >= 4 is 0 Å². The summed E-state index contributed by atoms with van der Waals surface area (Å²) >= 11 is 0. The molecule has 1 saturated carbocycles. The molecular formula is C14H17NO. The molecule has 0 atom stereocenters. The third-order valence-corrected chi connectivity index (χ3v) is 3.62. The van der Waals surface area contributed by atoms with E-state index in [0.29, 0.717) is 18.4 Å². The molecule has 1 aliphatic rings. The van der Waals surface area contributed by atoms with Crippen LogP contribution in [0, 0.1) is 17.2 Å². The molecule has 16 heavy (non-hydrogen) atoms. The summed E-state index contributed by atoms with van der Waals surface area (Å²) < 4.78 is 0. The first kappa shape index (κ1) is 11.2. The van der Waals surface area contributed by atoms with Gasteiger partial charge in [-0.05, 0) is 55.2 Å². The molecule has 0 bridgehead atoms. The van der Waals surface area contributed by atoms with Crippen molar-refractivity contribution in [2.75, 3.05) is 6.61 Å². The zero-order chi connectivity index (χ0) is 11.4. The minimum absolute atomic E-state index is 0.333. The lowest BCUT2D eigenvalue weighted by Crippen LogP contribution is -2.16. The van der Waals surface area contributed by atoms with Crippen molar-refractivity contribution in [1.82, 2.24) is 0 Å². The van der Waals surface area contributed by atoms with Gasteiger partial charge in [-0.15, -0.1) is 0 Å². The van der Waals surface area contributed by atoms with Crippen molar-refractivity contribution in [3.8, 4) is 6.07 Å². The van der Waals surface area contributed by atoms with E-state index < -0.39 is 0 Å². The van der Waals surface area contributed by atoms with Gasteiger partial charge in [0.15, 0.2) is 0 Å². The van der Waals surface area contributed by atoms with Gasteiger partial charge in [-0.25, -0.2) is 0 Å². The monoisotopic (exact) mass is 215 g/mol. The van der Waals surface area contributed by atoms with E-state index in [-0.39, 0.29) is 0 Å². The predicted octanol–water partition coefficient (Wildman–Crippen LogP) is 2.82. The van der Waals surface area contributed by atoms with Gasteiger partial charge in [-0.3, -0.25) is 0 Å². The minimum atomic E-state index is 0.333. The third-order valence-electron chi connectivity index (χ3n) is 3.62. The summed E-state index contributed by atoms with van der Waals surface area (Å²) in [6.07, 6.45) is 4.58. The topological polar surface area (TPSA) is 44.0 Å². The highest BCUT2D eigenvalue weighted by Crippen LogP contribution is 2.35. The van der Waals surface area contributed by atoms with Gasteiger partial charge in [0.1, 0.15) is 0 Å². The summed E-state index contributed by atoms with van der Waals surface area (Å²) in [5.41, 5.74) is 2.07. The van der Waals surface area contributed by atoms with Crippen LogP contribution < -0.4 is 0 Å². The Morgan fingerprint density at radius 2 is 1.75 bits per heavy atom. The maximum absolute atomic E-state index is 9.08. The Kier molecular flexibility index (Phi) is 3.58. The van der Waals surface area contributed by atoms with Crippen LogP contribution in [0.4, 0.5) is 0 Å². The number of nitriles is 1. The van der Waals surface area contributed by atoms with Gasteiger partial charge in [0, 0.05) is 6.61 Å². The average molecular weight is 215 g/mol. The van der Waals surface area contributed by atoms with Crippen molar-refractivity contribution in [3.63, 3.8) is 0 Å². The normalized spacial score (nSPS) is 25.0. The second kappa shape index (κ2) is 5.14. The van der Waals surface area contributed by atoms with Crippen LogP contribution in [0.25, 0.3) is 0 Å². The number of rotatable bonds is 2. The number of benzene rings is 1. The fourth-order valence-electron chi connectivity index (χ4n) is 2.51. The maximum atomic E-state index is 9.08. The van der Waals surface area contributed by atoms with E-state index in [9.17, 15) is 0 Å².